The Morgan fingerprint density at radius 2 is 1.83 bits per heavy atom. The lowest BCUT2D eigenvalue weighted by Crippen LogP contribution is -2.32. The molecule has 0 atom stereocenters. The Kier molecular flexibility index (Phi) is 5.36. The molecule has 0 spiro atoms. The number of piperidine rings is 1. The highest BCUT2D eigenvalue weighted by Crippen LogP contribution is 2.30. The number of aryl methyl sites for hydroxylation is 1. The maximum atomic E-state index is 10.9. The predicted molar refractivity (Wildman–Crippen MR) is 99.5 cm³/mol. The van der Waals surface area contributed by atoms with Crippen LogP contribution in [-0.2, 0) is 6.54 Å². The van der Waals surface area contributed by atoms with Crippen LogP contribution in [0.2, 0.25) is 0 Å². The molecule has 4 heteroatoms. The van der Waals surface area contributed by atoms with Crippen LogP contribution in [0.4, 0.5) is 0 Å². The van der Waals surface area contributed by atoms with Gasteiger partial charge in [0, 0.05) is 11.0 Å². The molecule has 0 aliphatic carbocycles. The molecular weight excluding hydrogens is 366 g/mol. The minimum Gasteiger partial charge on any atom is -0.478 e. The number of carbonyl (C=O) groups is 1. The van der Waals surface area contributed by atoms with Crippen molar-refractivity contribution in [2.75, 3.05) is 13.1 Å². The number of halogens is 1. The molecule has 1 fully saturated rings. The fraction of sp³-hybridized carbons (Fsp3) is 0.350. The van der Waals surface area contributed by atoms with Gasteiger partial charge in [0.15, 0.2) is 0 Å². The van der Waals surface area contributed by atoms with Gasteiger partial charge < -0.3 is 5.11 Å². The number of benzene rings is 2. The van der Waals surface area contributed by atoms with E-state index in [1.54, 1.807) is 12.1 Å². The summed E-state index contributed by atoms with van der Waals surface area (Å²) in [5, 5.41) is 8.96. The van der Waals surface area contributed by atoms with E-state index >= 15 is 0 Å². The van der Waals surface area contributed by atoms with Crippen molar-refractivity contribution in [2.45, 2.75) is 32.2 Å². The topological polar surface area (TPSA) is 40.5 Å². The van der Waals surface area contributed by atoms with Crippen LogP contribution in [-0.4, -0.2) is 29.1 Å². The Morgan fingerprint density at radius 3 is 2.42 bits per heavy atom. The van der Waals surface area contributed by atoms with Gasteiger partial charge in [-0.05, 0) is 73.7 Å². The maximum absolute atomic E-state index is 10.9. The van der Waals surface area contributed by atoms with Crippen LogP contribution in [0.5, 0.6) is 0 Å². The molecule has 0 saturated carbocycles. The van der Waals surface area contributed by atoms with Crippen LogP contribution in [0.1, 0.15) is 45.8 Å². The second kappa shape index (κ2) is 7.49. The number of likely N-dealkylation sites (tertiary alicyclic amines) is 1. The minimum atomic E-state index is -0.868. The summed E-state index contributed by atoms with van der Waals surface area (Å²) >= 11 is 3.57. The second-order valence-corrected chi connectivity index (χ2v) is 7.42. The standard InChI is InChI=1S/C20H22BrNO2/c1-14-12-18(6-7-19(14)21)16-8-10-22(11-9-16)13-15-2-4-17(5-3-15)20(23)24/h2-7,12,16H,8-11,13H2,1H3,(H,23,24). The van der Waals surface area contributed by atoms with Gasteiger partial charge in [-0.2, -0.15) is 0 Å². The van der Waals surface area contributed by atoms with E-state index in [1.807, 2.05) is 12.1 Å². The van der Waals surface area contributed by atoms with E-state index in [2.05, 4.69) is 46.0 Å². The number of aromatic carboxylic acids is 1. The Morgan fingerprint density at radius 1 is 1.17 bits per heavy atom. The predicted octanol–water partition coefficient (Wildman–Crippen LogP) is 4.84. The first-order valence-corrected chi connectivity index (χ1v) is 9.13. The summed E-state index contributed by atoms with van der Waals surface area (Å²) in [5.41, 5.74) is 4.27. The third-order valence-electron chi connectivity index (χ3n) is 4.85. The van der Waals surface area contributed by atoms with Crippen molar-refractivity contribution in [2.24, 2.45) is 0 Å². The highest BCUT2D eigenvalue weighted by molar-refractivity contribution is 9.10. The van der Waals surface area contributed by atoms with Gasteiger partial charge in [0.05, 0.1) is 5.56 Å². The third kappa shape index (κ3) is 4.05. The Hall–Kier alpha value is -1.65. The van der Waals surface area contributed by atoms with Crippen LogP contribution < -0.4 is 0 Å². The van der Waals surface area contributed by atoms with Gasteiger partial charge in [0.25, 0.3) is 0 Å². The van der Waals surface area contributed by atoms with Gasteiger partial charge in [-0.1, -0.05) is 40.2 Å². The van der Waals surface area contributed by atoms with Crippen molar-refractivity contribution < 1.29 is 9.90 Å². The molecule has 0 bridgehead atoms. The van der Waals surface area contributed by atoms with Gasteiger partial charge in [-0.25, -0.2) is 4.79 Å². The summed E-state index contributed by atoms with van der Waals surface area (Å²) in [6.07, 6.45) is 2.35. The molecule has 24 heavy (non-hydrogen) atoms. The van der Waals surface area contributed by atoms with E-state index in [0.717, 1.165) is 19.6 Å². The first-order chi connectivity index (χ1) is 11.5. The van der Waals surface area contributed by atoms with Gasteiger partial charge in [-0.15, -0.1) is 0 Å². The quantitative estimate of drug-likeness (QED) is 0.815. The molecule has 0 unspecified atom stereocenters. The number of hydrogen-bond donors (Lipinski definition) is 1. The smallest absolute Gasteiger partial charge is 0.335 e. The third-order valence-corrected chi connectivity index (χ3v) is 5.74. The molecule has 1 aliphatic rings. The molecule has 0 radical (unpaired) electrons. The Balaban J connectivity index is 1.56. The zero-order chi connectivity index (χ0) is 17.1. The zero-order valence-corrected chi connectivity index (χ0v) is 15.4. The van der Waals surface area contributed by atoms with Crippen LogP contribution in [0.25, 0.3) is 0 Å². The van der Waals surface area contributed by atoms with Gasteiger partial charge >= 0.3 is 5.97 Å². The Bertz CT molecular complexity index is 719. The summed E-state index contributed by atoms with van der Waals surface area (Å²) in [4.78, 5) is 13.4. The minimum absolute atomic E-state index is 0.350. The molecule has 126 valence electrons. The summed E-state index contributed by atoms with van der Waals surface area (Å²) in [6, 6.07) is 13.9. The summed E-state index contributed by atoms with van der Waals surface area (Å²) in [6.45, 7) is 5.20. The molecule has 1 heterocycles. The van der Waals surface area contributed by atoms with Crippen molar-refractivity contribution in [3.8, 4) is 0 Å². The molecule has 0 amide bonds. The first kappa shape index (κ1) is 17.2. The van der Waals surface area contributed by atoms with E-state index in [9.17, 15) is 4.79 Å². The molecule has 2 aromatic rings. The van der Waals surface area contributed by atoms with Gasteiger partial charge in [-0.3, -0.25) is 4.90 Å². The van der Waals surface area contributed by atoms with Gasteiger partial charge in [0.2, 0.25) is 0 Å². The van der Waals surface area contributed by atoms with E-state index in [4.69, 9.17) is 5.11 Å². The fourth-order valence-corrected chi connectivity index (χ4v) is 3.60. The lowest BCUT2D eigenvalue weighted by molar-refractivity contribution is 0.0697. The van der Waals surface area contributed by atoms with E-state index in [1.165, 1.54) is 34.0 Å². The normalized spacial score (nSPS) is 16.2. The zero-order valence-electron chi connectivity index (χ0n) is 13.8. The number of rotatable bonds is 4. The molecule has 1 N–H and O–H groups in total. The fourth-order valence-electron chi connectivity index (χ4n) is 3.36. The van der Waals surface area contributed by atoms with Crippen molar-refractivity contribution in [1.29, 1.82) is 0 Å². The average molecular weight is 388 g/mol. The molecule has 0 aromatic heterocycles. The average Bonchev–Trinajstić information content (AvgIpc) is 2.58. The lowest BCUT2D eigenvalue weighted by atomic mass is 9.88. The van der Waals surface area contributed by atoms with Crippen molar-refractivity contribution >= 4 is 21.9 Å². The molecule has 1 aliphatic heterocycles. The van der Waals surface area contributed by atoms with Crippen LogP contribution >= 0.6 is 15.9 Å². The summed E-state index contributed by atoms with van der Waals surface area (Å²) < 4.78 is 1.17. The highest BCUT2D eigenvalue weighted by Gasteiger charge is 2.21. The molecule has 3 nitrogen and oxygen atoms in total. The number of nitrogens with zero attached hydrogens (tertiary/aromatic N) is 1. The number of hydrogen-bond acceptors (Lipinski definition) is 2. The SMILES string of the molecule is Cc1cc(C2CCN(Cc3ccc(C(=O)O)cc3)CC2)ccc1Br. The van der Waals surface area contributed by atoms with E-state index < -0.39 is 5.97 Å². The molecule has 1 saturated heterocycles. The summed E-state index contributed by atoms with van der Waals surface area (Å²) in [5.74, 6) is -0.227. The number of carboxylic acids is 1. The highest BCUT2D eigenvalue weighted by atomic mass is 79.9. The molecule has 2 aromatic carbocycles. The van der Waals surface area contributed by atoms with Crippen molar-refractivity contribution in [3.63, 3.8) is 0 Å². The lowest BCUT2D eigenvalue weighted by Gasteiger charge is -2.32. The van der Waals surface area contributed by atoms with E-state index in [0.29, 0.717) is 11.5 Å². The largest absolute Gasteiger partial charge is 0.478 e. The van der Waals surface area contributed by atoms with Crippen LogP contribution in [0.3, 0.4) is 0 Å². The molecular formula is C20H22BrNO2. The van der Waals surface area contributed by atoms with Crippen LogP contribution in [0.15, 0.2) is 46.9 Å². The number of carboxylic acid groups (broad SMARTS) is 1. The molecule has 3 rings (SSSR count). The second-order valence-electron chi connectivity index (χ2n) is 6.56. The van der Waals surface area contributed by atoms with Crippen LogP contribution in [0, 0.1) is 6.92 Å². The first-order valence-electron chi connectivity index (χ1n) is 8.33. The Labute approximate surface area is 151 Å². The van der Waals surface area contributed by atoms with Crippen molar-refractivity contribution in [3.05, 3.63) is 69.2 Å². The van der Waals surface area contributed by atoms with Crippen molar-refractivity contribution in [1.82, 2.24) is 4.90 Å². The van der Waals surface area contributed by atoms with Gasteiger partial charge in [0.1, 0.15) is 0 Å². The summed E-state index contributed by atoms with van der Waals surface area (Å²) in [7, 11) is 0. The monoisotopic (exact) mass is 387 g/mol. The maximum Gasteiger partial charge on any atom is 0.335 e. The van der Waals surface area contributed by atoms with E-state index in [-0.39, 0.29) is 0 Å².